The molecule has 2 atom stereocenters. The van der Waals surface area contributed by atoms with Crippen LogP contribution in [0.4, 0.5) is 5.69 Å². The summed E-state index contributed by atoms with van der Waals surface area (Å²) >= 11 is 0. The van der Waals surface area contributed by atoms with Gasteiger partial charge in [-0.05, 0) is 40.8 Å². The van der Waals surface area contributed by atoms with Crippen molar-refractivity contribution in [3.63, 3.8) is 0 Å². The summed E-state index contributed by atoms with van der Waals surface area (Å²) in [6.07, 6.45) is 3.82. The van der Waals surface area contributed by atoms with Crippen molar-refractivity contribution < 1.29 is 4.74 Å². The van der Waals surface area contributed by atoms with Crippen LogP contribution in [0.15, 0.2) is 18.2 Å². The lowest BCUT2D eigenvalue weighted by molar-refractivity contribution is 0.345. The molecule has 1 aromatic heterocycles. The summed E-state index contributed by atoms with van der Waals surface area (Å²) in [5, 5.41) is 12.2. The molecule has 0 bridgehead atoms. The number of aromatic nitrogens is 4. The van der Waals surface area contributed by atoms with E-state index in [4.69, 9.17) is 10.5 Å². The third kappa shape index (κ3) is 2.57. The first-order chi connectivity index (χ1) is 10.2. The van der Waals surface area contributed by atoms with Crippen LogP contribution in [0.2, 0.25) is 0 Å². The molecule has 6 nitrogen and oxygen atoms in total. The number of nitrogen functional groups attached to an aromatic ring is 1. The molecule has 1 fully saturated rings. The van der Waals surface area contributed by atoms with Gasteiger partial charge >= 0.3 is 0 Å². The van der Waals surface area contributed by atoms with E-state index in [2.05, 4.69) is 22.4 Å². The van der Waals surface area contributed by atoms with Gasteiger partial charge in [-0.25, -0.2) is 4.68 Å². The molecule has 1 aliphatic carbocycles. The fourth-order valence-corrected chi connectivity index (χ4v) is 3.18. The van der Waals surface area contributed by atoms with E-state index in [1.54, 1.807) is 7.11 Å². The molecule has 6 heteroatoms. The highest BCUT2D eigenvalue weighted by molar-refractivity contribution is 5.77. The highest BCUT2D eigenvalue weighted by Gasteiger charge is 2.26. The van der Waals surface area contributed by atoms with Crippen LogP contribution in [0.25, 0.3) is 11.4 Å². The van der Waals surface area contributed by atoms with Crippen molar-refractivity contribution in [3.05, 3.63) is 18.2 Å². The predicted molar refractivity (Wildman–Crippen MR) is 80.7 cm³/mol. The number of nitrogens with zero attached hydrogens (tertiary/aromatic N) is 4. The highest BCUT2D eigenvalue weighted by Crippen LogP contribution is 2.36. The van der Waals surface area contributed by atoms with Gasteiger partial charge in [-0.3, -0.25) is 0 Å². The lowest BCUT2D eigenvalue weighted by Gasteiger charge is -2.16. The van der Waals surface area contributed by atoms with Crippen LogP contribution in [0, 0.1) is 11.8 Å². The monoisotopic (exact) mass is 287 g/mol. The summed E-state index contributed by atoms with van der Waals surface area (Å²) in [5.74, 6) is 2.73. The second kappa shape index (κ2) is 5.71. The van der Waals surface area contributed by atoms with Gasteiger partial charge in [-0.1, -0.05) is 25.8 Å². The molecule has 21 heavy (non-hydrogen) atoms. The third-order valence-electron chi connectivity index (χ3n) is 4.48. The SMILES string of the molecule is COc1cccc(N)c1-c1nnnn1CC1CCCC1C. The summed E-state index contributed by atoms with van der Waals surface area (Å²) < 4.78 is 7.27. The molecule has 0 spiro atoms. The van der Waals surface area contributed by atoms with Crippen LogP contribution in [0.5, 0.6) is 5.75 Å². The predicted octanol–water partition coefficient (Wildman–Crippen LogP) is 2.37. The fraction of sp³-hybridized carbons (Fsp3) is 0.533. The summed E-state index contributed by atoms with van der Waals surface area (Å²) in [6, 6.07) is 5.59. The maximum Gasteiger partial charge on any atom is 0.187 e. The summed E-state index contributed by atoms with van der Waals surface area (Å²) in [7, 11) is 1.63. The quantitative estimate of drug-likeness (QED) is 0.873. The molecule has 1 aromatic carbocycles. The maximum atomic E-state index is 6.10. The lowest BCUT2D eigenvalue weighted by atomic mass is 9.98. The second-order valence-electron chi connectivity index (χ2n) is 5.78. The van der Waals surface area contributed by atoms with Gasteiger partial charge in [0, 0.05) is 12.2 Å². The van der Waals surface area contributed by atoms with Gasteiger partial charge in [0.2, 0.25) is 0 Å². The second-order valence-corrected chi connectivity index (χ2v) is 5.78. The largest absolute Gasteiger partial charge is 0.496 e. The molecule has 112 valence electrons. The van der Waals surface area contributed by atoms with Crippen molar-refractivity contribution in [2.45, 2.75) is 32.7 Å². The highest BCUT2D eigenvalue weighted by atomic mass is 16.5. The van der Waals surface area contributed by atoms with Crippen LogP contribution in [-0.4, -0.2) is 27.3 Å². The Bertz CT molecular complexity index is 624. The summed E-state index contributed by atoms with van der Waals surface area (Å²) in [4.78, 5) is 0. The zero-order valence-electron chi connectivity index (χ0n) is 12.5. The number of methoxy groups -OCH3 is 1. The molecule has 1 saturated carbocycles. The van der Waals surface area contributed by atoms with E-state index in [9.17, 15) is 0 Å². The fourth-order valence-electron chi connectivity index (χ4n) is 3.18. The van der Waals surface area contributed by atoms with E-state index in [1.807, 2.05) is 22.9 Å². The number of nitrogens with two attached hydrogens (primary N) is 1. The molecular weight excluding hydrogens is 266 g/mol. The normalized spacial score (nSPS) is 21.6. The third-order valence-corrected chi connectivity index (χ3v) is 4.48. The zero-order valence-corrected chi connectivity index (χ0v) is 12.5. The van der Waals surface area contributed by atoms with Crippen LogP contribution in [-0.2, 0) is 6.54 Å². The van der Waals surface area contributed by atoms with E-state index in [0.29, 0.717) is 23.2 Å². The number of ether oxygens (including phenoxy) is 1. The van der Waals surface area contributed by atoms with E-state index < -0.39 is 0 Å². The number of tetrazole rings is 1. The molecular formula is C15H21N5O. The first kappa shape index (κ1) is 13.9. The first-order valence-corrected chi connectivity index (χ1v) is 7.39. The molecule has 0 amide bonds. The van der Waals surface area contributed by atoms with E-state index in [1.165, 1.54) is 19.3 Å². The molecule has 2 unspecified atom stereocenters. The zero-order chi connectivity index (χ0) is 14.8. The first-order valence-electron chi connectivity index (χ1n) is 7.39. The molecule has 2 N–H and O–H groups in total. The number of hydrogen-bond donors (Lipinski definition) is 1. The van der Waals surface area contributed by atoms with Crippen molar-refractivity contribution in [2.24, 2.45) is 11.8 Å². The van der Waals surface area contributed by atoms with Gasteiger partial charge in [0.15, 0.2) is 5.82 Å². The van der Waals surface area contributed by atoms with Gasteiger partial charge in [0.1, 0.15) is 5.75 Å². The number of anilines is 1. The van der Waals surface area contributed by atoms with Crippen molar-refractivity contribution in [1.82, 2.24) is 20.2 Å². The van der Waals surface area contributed by atoms with E-state index >= 15 is 0 Å². The number of benzene rings is 1. The molecule has 1 heterocycles. The summed E-state index contributed by atoms with van der Waals surface area (Å²) in [5.41, 5.74) is 7.51. The van der Waals surface area contributed by atoms with E-state index in [-0.39, 0.29) is 0 Å². The Balaban J connectivity index is 1.96. The Kier molecular flexibility index (Phi) is 3.77. The smallest absolute Gasteiger partial charge is 0.187 e. The molecule has 0 saturated heterocycles. The van der Waals surface area contributed by atoms with Crippen LogP contribution in [0.1, 0.15) is 26.2 Å². The molecule has 3 rings (SSSR count). The molecule has 0 radical (unpaired) electrons. The maximum absolute atomic E-state index is 6.10. The minimum atomic E-state index is 0.628. The van der Waals surface area contributed by atoms with Crippen molar-refractivity contribution in [1.29, 1.82) is 0 Å². The van der Waals surface area contributed by atoms with Gasteiger partial charge in [0.25, 0.3) is 0 Å². The average molecular weight is 287 g/mol. The summed E-state index contributed by atoms with van der Waals surface area (Å²) in [6.45, 7) is 3.14. The van der Waals surface area contributed by atoms with Crippen molar-refractivity contribution >= 4 is 5.69 Å². The average Bonchev–Trinajstić information content (AvgIpc) is 3.09. The van der Waals surface area contributed by atoms with Gasteiger partial charge < -0.3 is 10.5 Å². The Morgan fingerprint density at radius 1 is 1.38 bits per heavy atom. The lowest BCUT2D eigenvalue weighted by Crippen LogP contribution is -2.15. The van der Waals surface area contributed by atoms with Crippen LogP contribution < -0.4 is 10.5 Å². The molecule has 2 aromatic rings. The van der Waals surface area contributed by atoms with Crippen molar-refractivity contribution in [3.8, 4) is 17.1 Å². The Labute approximate surface area is 124 Å². The number of hydrogen-bond acceptors (Lipinski definition) is 5. The Hall–Kier alpha value is -2.11. The van der Waals surface area contributed by atoms with Crippen LogP contribution in [0.3, 0.4) is 0 Å². The molecule has 0 aliphatic heterocycles. The minimum absolute atomic E-state index is 0.628. The Morgan fingerprint density at radius 3 is 2.95 bits per heavy atom. The number of rotatable bonds is 4. The Morgan fingerprint density at radius 2 is 2.24 bits per heavy atom. The van der Waals surface area contributed by atoms with Gasteiger partial charge in [-0.15, -0.1) is 5.10 Å². The van der Waals surface area contributed by atoms with E-state index in [0.717, 1.165) is 18.0 Å². The van der Waals surface area contributed by atoms with Crippen molar-refractivity contribution in [2.75, 3.05) is 12.8 Å². The van der Waals surface area contributed by atoms with Crippen LogP contribution >= 0.6 is 0 Å². The topological polar surface area (TPSA) is 78.8 Å². The van der Waals surface area contributed by atoms with Gasteiger partial charge in [-0.2, -0.15) is 0 Å². The minimum Gasteiger partial charge on any atom is -0.496 e. The molecule has 1 aliphatic rings. The standard InChI is InChI=1S/C15H21N5O/c1-10-5-3-6-11(10)9-20-15(17-18-19-20)14-12(16)7-4-8-13(14)21-2/h4,7-8,10-11H,3,5-6,9,16H2,1-2H3. The van der Waals surface area contributed by atoms with Gasteiger partial charge in [0.05, 0.1) is 12.7 Å².